The third-order valence-corrected chi connectivity index (χ3v) is 1.84. The van der Waals surface area contributed by atoms with Crippen LogP contribution in [0.3, 0.4) is 0 Å². The summed E-state index contributed by atoms with van der Waals surface area (Å²) in [4.78, 5) is 14.0. The van der Waals surface area contributed by atoms with E-state index in [1.807, 2.05) is 0 Å². The number of anilines is 2. The van der Waals surface area contributed by atoms with Gasteiger partial charge in [0.1, 0.15) is 11.9 Å². The average molecular weight is 226 g/mol. The van der Waals surface area contributed by atoms with Crippen molar-refractivity contribution in [2.24, 2.45) is 0 Å². The van der Waals surface area contributed by atoms with Crippen LogP contribution in [0.5, 0.6) is 5.75 Å². The second-order valence-corrected chi connectivity index (χ2v) is 3.41. The number of nitrogen functional groups attached to an aromatic ring is 1. The zero-order valence-electron chi connectivity index (χ0n) is 9.35. The zero-order chi connectivity index (χ0) is 12.3. The number of nitrogens with two attached hydrogens (primary N) is 1. The molecule has 16 heavy (non-hydrogen) atoms. The van der Waals surface area contributed by atoms with E-state index in [0.29, 0.717) is 5.82 Å². The lowest BCUT2D eigenvalue weighted by molar-refractivity contribution is -0.386. The molecular formula is C9H14N4O3. The van der Waals surface area contributed by atoms with E-state index in [0.717, 1.165) is 6.20 Å². The molecule has 0 amide bonds. The molecule has 0 aliphatic heterocycles. The molecule has 88 valence electrons. The molecule has 0 aromatic carbocycles. The van der Waals surface area contributed by atoms with E-state index >= 15 is 0 Å². The van der Waals surface area contributed by atoms with Gasteiger partial charge in [-0.3, -0.25) is 10.1 Å². The minimum Gasteiger partial charge on any atom is -0.483 e. The molecule has 0 fully saturated rings. The van der Waals surface area contributed by atoms with Crippen LogP contribution in [0.1, 0.15) is 13.8 Å². The molecule has 0 spiro atoms. The first-order valence-corrected chi connectivity index (χ1v) is 4.74. The van der Waals surface area contributed by atoms with Gasteiger partial charge in [-0.2, -0.15) is 0 Å². The smallest absolute Gasteiger partial charge is 0.331 e. The number of aromatic nitrogens is 1. The zero-order valence-corrected chi connectivity index (χ0v) is 9.35. The van der Waals surface area contributed by atoms with E-state index < -0.39 is 4.92 Å². The van der Waals surface area contributed by atoms with Crippen molar-refractivity contribution in [3.8, 4) is 5.75 Å². The monoisotopic (exact) mass is 226 g/mol. The number of nitrogens with one attached hydrogen (secondary N) is 1. The molecule has 0 bridgehead atoms. The first-order chi connectivity index (χ1) is 7.47. The van der Waals surface area contributed by atoms with Crippen molar-refractivity contribution in [3.63, 3.8) is 0 Å². The number of hydrogen-bond donors (Lipinski definition) is 2. The van der Waals surface area contributed by atoms with Gasteiger partial charge in [-0.1, -0.05) is 0 Å². The Morgan fingerprint density at radius 2 is 2.25 bits per heavy atom. The molecule has 1 rings (SSSR count). The van der Waals surface area contributed by atoms with Crippen molar-refractivity contribution >= 4 is 17.2 Å². The largest absolute Gasteiger partial charge is 0.483 e. The Balaban J connectivity index is 3.30. The van der Waals surface area contributed by atoms with Gasteiger partial charge in [0.15, 0.2) is 5.82 Å². The van der Waals surface area contributed by atoms with E-state index in [4.69, 9.17) is 10.5 Å². The van der Waals surface area contributed by atoms with Crippen molar-refractivity contribution in [2.45, 2.75) is 20.0 Å². The summed E-state index contributed by atoms with van der Waals surface area (Å²) in [5.74, 6) is 0.417. The highest BCUT2D eigenvalue weighted by molar-refractivity contribution is 5.74. The molecule has 0 saturated heterocycles. The number of nitro groups is 1. The molecule has 0 radical (unpaired) electrons. The molecule has 1 aromatic heterocycles. The molecular weight excluding hydrogens is 212 g/mol. The van der Waals surface area contributed by atoms with Crippen molar-refractivity contribution in [1.82, 2.24) is 4.98 Å². The third-order valence-electron chi connectivity index (χ3n) is 1.84. The van der Waals surface area contributed by atoms with Gasteiger partial charge in [0.25, 0.3) is 0 Å². The average Bonchev–Trinajstić information content (AvgIpc) is 2.19. The Hall–Kier alpha value is -2.05. The quantitative estimate of drug-likeness (QED) is 0.594. The van der Waals surface area contributed by atoms with Gasteiger partial charge < -0.3 is 15.8 Å². The molecule has 7 heteroatoms. The van der Waals surface area contributed by atoms with Crippen molar-refractivity contribution < 1.29 is 9.66 Å². The molecule has 1 aromatic rings. The fourth-order valence-electron chi connectivity index (χ4n) is 1.19. The first-order valence-electron chi connectivity index (χ1n) is 4.74. The first kappa shape index (κ1) is 12.0. The number of pyridine rings is 1. The lowest BCUT2D eigenvalue weighted by atomic mass is 10.3. The second-order valence-electron chi connectivity index (χ2n) is 3.41. The highest BCUT2D eigenvalue weighted by Crippen LogP contribution is 2.37. The number of rotatable bonds is 4. The lowest BCUT2D eigenvalue weighted by Gasteiger charge is -2.13. The van der Waals surface area contributed by atoms with Crippen molar-refractivity contribution in [3.05, 3.63) is 16.3 Å². The Morgan fingerprint density at radius 1 is 1.62 bits per heavy atom. The van der Waals surface area contributed by atoms with E-state index in [1.54, 1.807) is 20.9 Å². The Labute approximate surface area is 92.8 Å². The van der Waals surface area contributed by atoms with Crippen molar-refractivity contribution in [2.75, 3.05) is 18.1 Å². The van der Waals surface area contributed by atoms with Gasteiger partial charge >= 0.3 is 5.69 Å². The predicted molar refractivity (Wildman–Crippen MR) is 60.6 cm³/mol. The maximum Gasteiger partial charge on any atom is 0.331 e. The van der Waals surface area contributed by atoms with Gasteiger partial charge in [-0.15, -0.1) is 0 Å². The maximum atomic E-state index is 10.8. The Kier molecular flexibility index (Phi) is 3.49. The summed E-state index contributed by atoms with van der Waals surface area (Å²) < 4.78 is 5.33. The van der Waals surface area contributed by atoms with Crippen LogP contribution in [0.25, 0.3) is 0 Å². The number of ether oxygens (including phenoxy) is 1. The van der Waals surface area contributed by atoms with Gasteiger partial charge in [0, 0.05) is 7.05 Å². The van der Waals surface area contributed by atoms with E-state index in [-0.39, 0.29) is 23.2 Å². The Bertz CT molecular complexity index is 406. The summed E-state index contributed by atoms with van der Waals surface area (Å²) in [7, 11) is 1.63. The molecule has 0 atom stereocenters. The summed E-state index contributed by atoms with van der Waals surface area (Å²) in [6.07, 6.45) is 0.924. The third kappa shape index (κ3) is 2.30. The fraction of sp³-hybridized carbons (Fsp3) is 0.444. The minimum absolute atomic E-state index is 0.0550. The van der Waals surface area contributed by atoms with Crippen LogP contribution in [-0.2, 0) is 0 Å². The summed E-state index contributed by atoms with van der Waals surface area (Å²) in [6, 6.07) is 0. The van der Waals surface area contributed by atoms with Crippen LogP contribution in [0.4, 0.5) is 17.2 Å². The molecule has 0 saturated carbocycles. The van der Waals surface area contributed by atoms with Gasteiger partial charge in [-0.25, -0.2) is 4.98 Å². The fourth-order valence-corrected chi connectivity index (χ4v) is 1.19. The molecule has 1 heterocycles. The normalized spacial score (nSPS) is 10.2. The minimum atomic E-state index is -0.569. The van der Waals surface area contributed by atoms with Crippen LogP contribution >= 0.6 is 0 Å². The summed E-state index contributed by atoms with van der Waals surface area (Å²) >= 11 is 0. The van der Waals surface area contributed by atoms with Gasteiger partial charge in [0.2, 0.25) is 5.75 Å². The van der Waals surface area contributed by atoms with Crippen LogP contribution < -0.4 is 15.8 Å². The van der Waals surface area contributed by atoms with Crippen LogP contribution in [0.15, 0.2) is 6.20 Å². The summed E-state index contributed by atoms with van der Waals surface area (Å²) in [5.41, 5.74) is 5.64. The van der Waals surface area contributed by atoms with E-state index in [1.165, 1.54) is 0 Å². The van der Waals surface area contributed by atoms with E-state index in [9.17, 15) is 10.1 Å². The molecule has 0 unspecified atom stereocenters. The van der Waals surface area contributed by atoms with Gasteiger partial charge in [-0.05, 0) is 13.8 Å². The highest BCUT2D eigenvalue weighted by Gasteiger charge is 2.22. The SMILES string of the molecule is CNc1ncc([N+](=O)[O-])c(OC(C)C)c1N. The van der Waals surface area contributed by atoms with Gasteiger partial charge in [0.05, 0.1) is 11.0 Å². The maximum absolute atomic E-state index is 10.8. The summed E-state index contributed by atoms with van der Waals surface area (Å²) in [6.45, 7) is 3.53. The second kappa shape index (κ2) is 4.65. The molecule has 7 nitrogen and oxygen atoms in total. The standard InChI is InChI=1S/C9H14N4O3/c1-5(2)16-8-6(13(14)15)4-12-9(11-3)7(8)10/h4-5H,10H2,1-3H3,(H,11,12). The number of hydrogen-bond acceptors (Lipinski definition) is 6. The summed E-state index contributed by atoms with van der Waals surface area (Å²) in [5, 5.41) is 13.5. The van der Waals surface area contributed by atoms with Crippen LogP contribution in [0.2, 0.25) is 0 Å². The molecule has 0 aliphatic rings. The van der Waals surface area contributed by atoms with Crippen LogP contribution in [-0.4, -0.2) is 23.1 Å². The molecule has 3 N–H and O–H groups in total. The van der Waals surface area contributed by atoms with Crippen LogP contribution in [0, 0.1) is 10.1 Å². The van der Waals surface area contributed by atoms with E-state index in [2.05, 4.69) is 10.3 Å². The Morgan fingerprint density at radius 3 is 2.69 bits per heavy atom. The lowest BCUT2D eigenvalue weighted by Crippen LogP contribution is -2.11. The number of nitrogens with zero attached hydrogens (tertiary/aromatic N) is 2. The van der Waals surface area contributed by atoms with Crippen molar-refractivity contribution in [1.29, 1.82) is 0 Å². The highest BCUT2D eigenvalue weighted by atomic mass is 16.6. The topological polar surface area (TPSA) is 103 Å². The predicted octanol–water partition coefficient (Wildman–Crippen LogP) is 1.40. The molecule has 0 aliphatic carbocycles.